The molecule has 0 amide bonds. The second-order valence-corrected chi connectivity index (χ2v) is 34.9. The van der Waals surface area contributed by atoms with Gasteiger partial charge in [-0.2, -0.15) is 0 Å². The quantitative estimate of drug-likeness (QED) is 0.0356. The van der Waals surface area contributed by atoms with Crippen molar-refractivity contribution in [1.29, 1.82) is 0 Å². The van der Waals surface area contributed by atoms with Crippen LogP contribution in [-0.2, 0) is 34.9 Å². The zero-order valence-corrected chi connectivity index (χ0v) is 69.8. The first-order chi connectivity index (χ1) is 54.0. The predicted octanol–water partition coefficient (Wildman–Crippen LogP) is 32.7. The Bertz CT molecular complexity index is 4600. The van der Waals surface area contributed by atoms with Gasteiger partial charge in [0.15, 0.2) is 0 Å². The van der Waals surface area contributed by atoms with Crippen molar-refractivity contribution < 1.29 is 9.47 Å². The molecule has 0 unspecified atom stereocenters. The molecule has 111 heavy (non-hydrogen) atoms. The third-order valence-electron chi connectivity index (χ3n) is 24.8. The second kappa shape index (κ2) is 38.5. The van der Waals surface area contributed by atoms with E-state index in [-0.39, 0.29) is 21.7 Å². The Morgan fingerprint density at radius 1 is 0.306 bits per heavy atom. The molecule has 0 fully saturated rings. The summed E-state index contributed by atoms with van der Waals surface area (Å²) in [5.74, 6) is 1.75. The highest BCUT2D eigenvalue weighted by Gasteiger charge is 2.45. The molecule has 0 saturated carbocycles. The predicted molar refractivity (Wildman–Crippen MR) is 481 cm³/mol. The molecule has 10 aromatic rings. The minimum Gasteiger partial charge on any atom is -0.489 e. The topological polar surface area (TPSA) is 21.7 Å². The number of unbranched alkanes of at least 4 members (excludes halogenated alkanes) is 20. The fourth-order valence-corrected chi connectivity index (χ4v) is 18.2. The molecule has 0 spiro atoms. The molecule has 3 heteroatoms. The number of hydrogen-bond acceptors (Lipinski definition) is 3. The van der Waals surface area contributed by atoms with Gasteiger partial charge in [0.25, 0.3) is 0 Å². The summed E-state index contributed by atoms with van der Waals surface area (Å²) >= 11 is 0. The maximum atomic E-state index is 7.12. The average molecular weight is 1480 g/mol. The Labute approximate surface area is 671 Å². The van der Waals surface area contributed by atoms with Crippen LogP contribution in [0.2, 0.25) is 0 Å². The van der Waals surface area contributed by atoms with E-state index >= 15 is 0 Å². The lowest BCUT2D eigenvalue weighted by molar-refractivity contribution is 0.290. The van der Waals surface area contributed by atoms with E-state index in [2.05, 4.69) is 300 Å². The highest BCUT2D eigenvalue weighted by atomic mass is 16.5. The lowest BCUT2D eigenvalue weighted by Crippen LogP contribution is -2.26. The van der Waals surface area contributed by atoms with Gasteiger partial charge in [0.1, 0.15) is 24.7 Å². The van der Waals surface area contributed by atoms with Crippen molar-refractivity contribution in [3.8, 4) is 67.1 Å². The number of para-hydroxylation sites is 1. The Hall–Kier alpha value is -8.92. The van der Waals surface area contributed by atoms with E-state index < -0.39 is 0 Å². The maximum absolute atomic E-state index is 7.12. The molecule has 0 heterocycles. The summed E-state index contributed by atoms with van der Waals surface area (Å²) in [5, 5.41) is 0. The Balaban J connectivity index is 0.902. The number of nitrogens with zero attached hydrogens (tertiary/aromatic N) is 1. The van der Waals surface area contributed by atoms with Crippen LogP contribution in [0.4, 0.5) is 17.1 Å². The standard InChI is InChI=1S/C108H131NO2/c1-13-19-23-27-31-38-68-107(69-39-32-28-24-20-14-2)98-72-86(56-64-93(98)95-66-58-88(74-100(95)107)97-76-104(111-79-83-50-46-81(18-6)47-51-83)102(106(10,11)12)77-103(97)110-78-82-48-44-80(17-5)45-49-82)84-52-60-91(61-53-84)109(90-42-36-35-37-43-90)92-62-54-85(55-63-92)87-57-65-94-96-67-59-89(105(7,8)9)75-101(96)108(99(94)73-87,70-40-33-29-25-21-15-3)71-41-34-30-26-22-16-4/h17-18,35-37,42-67,72-77H,5-6,13-16,19-34,38-41,68-71,78-79H2,1-4,7-12H3. The number of hydrogen-bond donors (Lipinski definition) is 0. The van der Waals surface area contributed by atoms with Crippen molar-refractivity contribution in [2.75, 3.05) is 4.90 Å². The smallest absolute Gasteiger partial charge is 0.128 e. The molecule has 0 N–H and O–H groups in total. The van der Waals surface area contributed by atoms with Crippen molar-refractivity contribution in [2.45, 2.75) is 284 Å². The number of benzene rings is 10. The molecule has 0 aliphatic heterocycles. The molecular weight excluding hydrogens is 1340 g/mol. The van der Waals surface area contributed by atoms with E-state index in [4.69, 9.17) is 9.47 Å². The molecule has 0 saturated heterocycles. The molecule has 3 nitrogen and oxygen atoms in total. The molecule has 0 atom stereocenters. The van der Waals surface area contributed by atoms with Crippen LogP contribution in [0.5, 0.6) is 11.5 Å². The van der Waals surface area contributed by atoms with Crippen LogP contribution in [0.15, 0.2) is 225 Å². The Morgan fingerprint density at radius 3 is 1.04 bits per heavy atom. The van der Waals surface area contributed by atoms with E-state index in [1.165, 1.54) is 228 Å². The summed E-state index contributed by atoms with van der Waals surface area (Å²) in [6, 6.07) is 81.7. The van der Waals surface area contributed by atoms with Gasteiger partial charge in [-0.15, -0.1) is 0 Å². The van der Waals surface area contributed by atoms with E-state index in [1.54, 1.807) is 11.1 Å². The highest BCUT2D eigenvalue weighted by molar-refractivity contribution is 5.89. The van der Waals surface area contributed by atoms with E-state index in [1.807, 2.05) is 12.2 Å². The molecule has 0 radical (unpaired) electrons. The number of rotatable bonds is 42. The van der Waals surface area contributed by atoms with E-state index in [0.29, 0.717) is 13.2 Å². The first-order valence-corrected chi connectivity index (χ1v) is 43.6. The van der Waals surface area contributed by atoms with Gasteiger partial charge < -0.3 is 14.4 Å². The minimum absolute atomic E-state index is 0.00338. The Kier molecular flexibility index (Phi) is 28.3. The molecule has 2 aliphatic carbocycles. The molecule has 12 rings (SSSR count). The zero-order chi connectivity index (χ0) is 77.8. The van der Waals surface area contributed by atoms with Crippen molar-refractivity contribution in [3.63, 3.8) is 0 Å². The van der Waals surface area contributed by atoms with Crippen molar-refractivity contribution in [3.05, 3.63) is 281 Å². The van der Waals surface area contributed by atoms with E-state index in [9.17, 15) is 0 Å². The third-order valence-corrected chi connectivity index (χ3v) is 24.8. The highest BCUT2D eigenvalue weighted by Crippen LogP contribution is 2.59. The van der Waals surface area contributed by atoms with Crippen molar-refractivity contribution in [2.24, 2.45) is 0 Å². The van der Waals surface area contributed by atoms with Gasteiger partial charge in [-0.05, 0) is 203 Å². The minimum atomic E-state index is -0.232. The summed E-state index contributed by atoms with van der Waals surface area (Å²) in [6.45, 7) is 32.3. The van der Waals surface area contributed by atoms with Crippen molar-refractivity contribution >= 4 is 29.2 Å². The first kappa shape index (κ1) is 81.6. The molecule has 10 aromatic carbocycles. The molecule has 2 aliphatic rings. The van der Waals surface area contributed by atoms with Gasteiger partial charge in [0.2, 0.25) is 0 Å². The summed E-state index contributed by atoms with van der Waals surface area (Å²) in [4.78, 5) is 2.44. The fraction of sp³-hybridized carbons (Fsp3) is 0.407. The SMILES string of the molecule is C=Cc1ccc(COc2cc(C(C)(C)C)c(OCc3ccc(C=C)cc3)cc2-c2ccc3c(c2)C(CCCCCCCC)(CCCCCCCC)c2cc(-c4ccc(N(c5ccccc5)c5ccc(-c6ccc7c(c6)C(CCCCCCCC)(CCCCCCCC)c6cc(C(C)(C)C)ccc6-7)cc5)cc4)ccc2-3)cc1. The number of ether oxygens (including phenoxy) is 2. The average Bonchev–Trinajstić information content (AvgIpc) is 1.57. The molecule has 0 aromatic heterocycles. The van der Waals surface area contributed by atoms with Gasteiger partial charge >= 0.3 is 0 Å². The lowest BCUT2D eigenvalue weighted by atomic mass is 9.69. The van der Waals surface area contributed by atoms with Gasteiger partial charge in [0.05, 0.1) is 0 Å². The van der Waals surface area contributed by atoms with Gasteiger partial charge in [-0.25, -0.2) is 0 Å². The van der Waals surface area contributed by atoms with Gasteiger partial charge in [-0.3, -0.25) is 0 Å². The zero-order valence-electron chi connectivity index (χ0n) is 69.8. The monoisotopic (exact) mass is 1470 g/mol. The largest absolute Gasteiger partial charge is 0.489 e. The van der Waals surface area contributed by atoms with Crippen LogP contribution in [0.1, 0.15) is 305 Å². The summed E-state index contributed by atoms with van der Waals surface area (Å²) in [7, 11) is 0. The number of fused-ring (bicyclic) bond motifs is 6. The summed E-state index contributed by atoms with van der Waals surface area (Å²) in [6.07, 6.45) is 39.3. The summed E-state index contributed by atoms with van der Waals surface area (Å²) < 4.78 is 14.1. The van der Waals surface area contributed by atoms with Crippen molar-refractivity contribution in [1.82, 2.24) is 0 Å². The fourth-order valence-electron chi connectivity index (χ4n) is 18.2. The van der Waals surface area contributed by atoms with Crippen LogP contribution in [0.25, 0.3) is 67.8 Å². The van der Waals surface area contributed by atoms with Crippen LogP contribution in [-0.4, -0.2) is 0 Å². The third kappa shape index (κ3) is 19.6. The summed E-state index contributed by atoms with van der Waals surface area (Å²) in [5.41, 5.74) is 29.1. The number of anilines is 3. The molecule has 0 bridgehead atoms. The van der Waals surface area contributed by atoms with Crippen LogP contribution >= 0.6 is 0 Å². The normalized spacial score (nSPS) is 13.2. The Morgan fingerprint density at radius 2 is 0.649 bits per heavy atom. The van der Waals surface area contributed by atoms with Crippen LogP contribution < -0.4 is 14.4 Å². The molecular formula is C108H131NO2. The van der Waals surface area contributed by atoms with Gasteiger partial charge in [0, 0.05) is 39.0 Å². The second-order valence-electron chi connectivity index (χ2n) is 34.9. The van der Waals surface area contributed by atoms with Crippen LogP contribution in [0.3, 0.4) is 0 Å². The molecule has 580 valence electrons. The van der Waals surface area contributed by atoms with Crippen LogP contribution in [0, 0.1) is 0 Å². The lowest BCUT2D eigenvalue weighted by Gasteiger charge is -2.34. The van der Waals surface area contributed by atoms with Gasteiger partial charge in [-0.1, -0.05) is 394 Å². The maximum Gasteiger partial charge on any atom is 0.128 e. The van der Waals surface area contributed by atoms with E-state index in [0.717, 1.165) is 80.3 Å². The first-order valence-electron chi connectivity index (χ1n) is 43.6.